The second kappa shape index (κ2) is 4.13. The summed E-state index contributed by atoms with van der Waals surface area (Å²) < 4.78 is 1.93. The van der Waals surface area contributed by atoms with Crippen LogP contribution in [-0.2, 0) is 13.0 Å². The van der Waals surface area contributed by atoms with Crippen molar-refractivity contribution in [3.8, 4) is 0 Å². The Morgan fingerprint density at radius 1 is 1.33 bits per heavy atom. The summed E-state index contributed by atoms with van der Waals surface area (Å²) >= 11 is 0. The molecule has 0 atom stereocenters. The summed E-state index contributed by atoms with van der Waals surface area (Å²) in [6.07, 6.45) is 4.56. The second-order valence-electron chi connectivity index (χ2n) is 3.54. The van der Waals surface area contributed by atoms with Crippen molar-refractivity contribution in [2.75, 3.05) is 5.73 Å². The lowest BCUT2D eigenvalue weighted by Gasteiger charge is -2.03. The molecule has 2 aromatic rings. The highest BCUT2D eigenvalue weighted by Gasteiger charge is 2.01. The van der Waals surface area contributed by atoms with Crippen molar-refractivity contribution >= 4 is 5.82 Å². The fraction of sp³-hybridized carbons (Fsp3) is 0.273. The van der Waals surface area contributed by atoms with Gasteiger partial charge in [-0.15, -0.1) is 0 Å². The van der Waals surface area contributed by atoms with Crippen molar-refractivity contribution in [3.05, 3.63) is 41.9 Å². The Kier molecular flexibility index (Phi) is 2.67. The average molecular weight is 202 g/mol. The average Bonchev–Trinajstić information content (AvgIpc) is 2.56. The quantitative estimate of drug-likeness (QED) is 0.818. The highest BCUT2D eigenvalue weighted by Crippen LogP contribution is 2.06. The lowest BCUT2D eigenvalue weighted by atomic mass is 10.2. The molecule has 78 valence electrons. The molecular weight excluding hydrogens is 188 g/mol. The highest BCUT2D eigenvalue weighted by atomic mass is 15.3. The maximum absolute atomic E-state index is 5.61. The zero-order valence-electron chi connectivity index (χ0n) is 8.72. The van der Waals surface area contributed by atoms with Gasteiger partial charge in [0.1, 0.15) is 5.82 Å². The number of anilines is 1. The normalized spacial score (nSPS) is 10.5. The van der Waals surface area contributed by atoms with Crippen molar-refractivity contribution in [2.45, 2.75) is 19.9 Å². The van der Waals surface area contributed by atoms with Crippen LogP contribution < -0.4 is 5.73 Å². The van der Waals surface area contributed by atoms with Gasteiger partial charge in [-0.1, -0.05) is 0 Å². The van der Waals surface area contributed by atoms with E-state index in [1.807, 2.05) is 29.8 Å². The third-order valence-corrected chi connectivity index (χ3v) is 2.36. The van der Waals surface area contributed by atoms with Crippen LogP contribution in [0.2, 0.25) is 0 Å². The maximum atomic E-state index is 5.61. The van der Waals surface area contributed by atoms with Crippen LogP contribution in [0.4, 0.5) is 5.82 Å². The number of rotatable bonds is 3. The number of pyridine rings is 1. The van der Waals surface area contributed by atoms with Gasteiger partial charge in [-0.25, -0.2) is 0 Å². The van der Waals surface area contributed by atoms with E-state index in [4.69, 9.17) is 5.73 Å². The van der Waals surface area contributed by atoms with E-state index in [1.165, 1.54) is 5.56 Å². The number of hydrogen-bond acceptors (Lipinski definition) is 3. The van der Waals surface area contributed by atoms with Gasteiger partial charge < -0.3 is 5.73 Å². The first-order valence-corrected chi connectivity index (χ1v) is 4.94. The minimum Gasteiger partial charge on any atom is -0.382 e. The molecule has 2 N–H and O–H groups in total. The molecule has 0 saturated carbocycles. The Morgan fingerprint density at radius 2 is 2.07 bits per heavy atom. The fourth-order valence-electron chi connectivity index (χ4n) is 1.55. The van der Waals surface area contributed by atoms with E-state index in [2.05, 4.69) is 10.1 Å². The first kappa shape index (κ1) is 9.71. The standard InChI is InChI=1S/C11H14N4/c1-9-8-11(12)14-15(9)7-4-10-2-5-13-6-3-10/h2-3,5-6,8H,4,7H2,1H3,(H2,12,14). The van der Waals surface area contributed by atoms with Crippen LogP contribution in [-0.4, -0.2) is 14.8 Å². The number of nitrogens with two attached hydrogens (primary N) is 1. The minimum absolute atomic E-state index is 0.585. The van der Waals surface area contributed by atoms with Crippen LogP contribution in [0.5, 0.6) is 0 Å². The lowest BCUT2D eigenvalue weighted by molar-refractivity contribution is 0.600. The number of aryl methyl sites for hydroxylation is 3. The lowest BCUT2D eigenvalue weighted by Crippen LogP contribution is -2.05. The molecule has 0 aliphatic carbocycles. The monoisotopic (exact) mass is 202 g/mol. The summed E-state index contributed by atoms with van der Waals surface area (Å²) in [5, 5.41) is 4.20. The molecule has 0 bridgehead atoms. The molecule has 0 radical (unpaired) electrons. The summed E-state index contributed by atoms with van der Waals surface area (Å²) in [4.78, 5) is 3.98. The van der Waals surface area contributed by atoms with Gasteiger partial charge in [0.2, 0.25) is 0 Å². The molecule has 2 heterocycles. The fourth-order valence-corrected chi connectivity index (χ4v) is 1.55. The third-order valence-electron chi connectivity index (χ3n) is 2.36. The molecule has 2 aromatic heterocycles. The zero-order valence-corrected chi connectivity index (χ0v) is 8.72. The largest absolute Gasteiger partial charge is 0.382 e. The summed E-state index contributed by atoms with van der Waals surface area (Å²) in [6, 6.07) is 5.91. The number of nitrogen functional groups attached to an aromatic ring is 1. The zero-order chi connectivity index (χ0) is 10.7. The van der Waals surface area contributed by atoms with Gasteiger partial charge in [0.15, 0.2) is 0 Å². The molecule has 0 saturated heterocycles. The van der Waals surface area contributed by atoms with Crippen LogP contribution in [0.3, 0.4) is 0 Å². The Bertz CT molecular complexity index is 433. The van der Waals surface area contributed by atoms with Crippen molar-refractivity contribution < 1.29 is 0 Å². The van der Waals surface area contributed by atoms with Crippen molar-refractivity contribution in [3.63, 3.8) is 0 Å². The van der Waals surface area contributed by atoms with E-state index in [0.29, 0.717) is 5.82 Å². The van der Waals surface area contributed by atoms with Crippen molar-refractivity contribution in [1.82, 2.24) is 14.8 Å². The maximum Gasteiger partial charge on any atom is 0.145 e. The van der Waals surface area contributed by atoms with Gasteiger partial charge in [0.05, 0.1) is 0 Å². The van der Waals surface area contributed by atoms with Gasteiger partial charge in [0.25, 0.3) is 0 Å². The molecule has 0 aliphatic rings. The molecule has 0 amide bonds. The Labute approximate surface area is 88.8 Å². The Morgan fingerprint density at radius 3 is 2.67 bits per heavy atom. The first-order valence-electron chi connectivity index (χ1n) is 4.94. The molecule has 0 spiro atoms. The van der Waals surface area contributed by atoms with E-state index in [9.17, 15) is 0 Å². The predicted octanol–water partition coefficient (Wildman–Crippen LogP) is 1.41. The number of nitrogens with zero attached hydrogens (tertiary/aromatic N) is 3. The molecule has 0 unspecified atom stereocenters. The number of hydrogen-bond donors (Lipinski definition) is 1. The van der Waals surface area contributed by atoms with Crippen LogP contribution in [0.1, 0.15) is 11.3 Å². The van der Waals surface area contributed by atoms with E-state index >= 15 is 0 Å². The Hall–Kier alpha value is -1.84. The topological polar surface area (TPSA) is 56.7 Å². The molecule has 2 rings (SSSR count). The minimum atomic E-state index is 0.585. The predicted molar refractivity (Wildman–Crippen MR) is 59.3 cm³/mol. The van der Waals surface area contributed by atoms with Gasteiger partial charge in [-0.05, 0) is 31.0 Å². The smallest absolute Gasteiger partial charge is 0.145 e. The summed E-state index contributed by atoms with van der Waals surface area (Å²) in [6.45, 7) is 2.86. The van der Waals surface area contributed by atoms with E-state index in [0.717, 1.165) is 18.7 Å². The molecule has 4 heteroatoms. The van der Waals surface area contributed by atoms with Crippen LogP contribution >= 0.6 is 0 Å². The number of aromatic nitrogens is 3. The molecule has 0 aliphatic heterocycles. The van der Waals surface area contributed by atoms with E-state index in [1.54, 1.807) is 12.4 Å². The van der Waals surface area contributed by atoms with Gasteiger partial charge in [-0.2, -0.15) is 5.10 Å². The summed E-state index contributed by atoms with van der Waals surface area (Å²) in [5.41, 5.74) is 7.97. The van der Waals surface area contributed by atoms with E-state index < -0.39 is 0 Å². The summed E-state index contributed by atoms with van der Waals surface area (Å²) in [7, 11) is 0. The molecule has 0 aromatic carbocycles. The molecule has 15 heavy (non-hydrogen) atoms. The van der Waals surface area contributed by atoms with Gasteiger partial charge in [-0.3, -0.25) is 9.67 Å². The molecule has 4 nitrogen and oxygen atoms in total. The third kappa shape index (κ3) is 2.34. The van der Waals surface area contributed by atoms with Crippen molar-refractivity contribution in [2.24, 2.45) is 0 Å². The summed E-state index contributed by atoms with van der Waals surface area (Å²) in [5.74, 6) is 0.585. The highest BCUT2D eigenvalue weighted by molar-refractivity contribution is 5.28. The van der Waals surface area contributed by atoms with Crippen molar-refractivity contribution in [1.29, 1.82) is 0 Å². The Balaban J connectivity index is 2.02. The SMILES string of the molecule is Cc1cc(N)nn1CCc1ccncc1. The molecule has 0 fully saturated rings. The van der Waals surface area contributed by atoms with Gasteiger partial charge >= 0.3 is 0 Å². The van der Waals surface area contributed by atoms with Gasteiger partial charge in [0, 0.05) is 30.7 Å². The first-order chi connectivity index (χ1) is 7.25. The second-order valence-corrected chi connectivity index (χ2v) is 3.54. The molecular formula is C11H14N4. The van der Waals surface area contributed by atoms with Crippen LogP contribution in [0, 0.1) is 6.92 Å². The van der Waals surface area contributed by atoms with E-state index in [-0.39, 0.29) is 0 Å². The van der Waals surface area contributed by atoms with Crippen LogP contribution in [0.25, 0.3) is 0 Å². The van der Waals surface area contributed by atoms with Crippen LogP contribution in [0.15, 0.2) is 30.6 Å².